The molecule has 0 aliphatic heterocycles. The van der Waals surface area contributed by atoms with Gasteiger partial charge in [0.15, 0.2) is 6.10 Å². The van der Waals surface area contributed by atoms with Crippen LogP contribution in [0, 0.1) is 0 Å². The fraction of sp³-hybridized carbons (Fsp3) is 0.737. The van der Waals surface area contributed by atoms with Crippen LogP contribution in [-0.2, 0) is 28.6 Å². The number of carbonyl (C=O) groups is 3. The summed E-state index contributed by atoms with van der Waals surface area (Å²) in [5.41, 5.74) is 0. The van der Waals surface area contributed by atoms with Gasteiger partial charge in [0.25, 0.3) is 0 Å². The Labute approximate surface area is 389 Å². The van der Waals surface area contributed by atoms with E-state index in [-0.39, 0.29) is 31.1 Å². The van der Waals surface area contributed by atoms with Gasteiger partial charge in [-0.3, -0.25) is 14.4 Å². The Morgan fingerprint density at radius 2 is 0.619 bits per heavy atom. The molecule has 1 atom stereocenters. The number of ether oxygens (including phenoxy) is 3. The molecule has 6 nitrogen and oxygen atoms in total. The van der Waals surface area contributed by atoms with Crippen LogP contribution in [-0.4, -0.2) is 37.2 Å². The lowest BCUT2D eigenvalue weighted by molar-refractivity contribution is -0.167. The van der Waals surface area contributed by atoms with Gasteiger partial charge in [-0.15, -0.1) is 0 Å². The van der Waals surface area contributed by atoms with Crippen molar-refractivity contribution in [2.45, 2.75) is 258 Å². The molecule has 0 fully saturated rings. The van der Waals surface area contributed by atoms with Crippen LogP contribution in [0.5, 0.6) is 0 Å². The SMILES string of the molecule is CC\C=C/C=C\C=C/C=C\C=C\C=C/CCCCCC(=O)OCC(COC(=O)CCCCCCCCCCCCCC)OC(=O)CCCCCCCCCCCCCCCCCC. The van der Waals surface area contributed by atoms with Crippen molar-refractivity contribution in [1.82, 2.24) is 0 Å². The average molecular weight is 879 g/mol. The number of unbranched alkanes of at least 4 members (excludes halogenated alkanes) is 29. The number of esters is 3. The molecule has 0 aromatic rings. The number of hydrogen-bond donors (Lipinski definition) is 0. The third kappa shape index (κ3) is 49.7. The summed E-state index contributed by atoms with van der Waals surface area (Å²) in [5, 5.41) is 0. The smallest absolute Gasteiger partial charge is 0.306 e. The standard InChI is InChI=1S/C57H98O6/c1-4-7-10-13-16-19-22-25-27-29-31-32-35-38-41-44-47-50-56(59)62-53-54(52-61-55(58)49-46-43-40-37-34-24-21-18-15-12-9-6-3)63-57(60)51-48-45-42-39-36-33-30-28-26-23-20-17-14-11-8-5-2/h7,10,13,16,19,22,25,27,29,31-32,35,54H,4-6,8-9,11-12,14-15,17-18,20-21,23-24,26,28,30,33-34,36-53H2,1-3H3/b10-7-,16-13-,22-19-,27-25-,31-29+,35-32-. The maximum Gasteiger partial charge on any atom is 0.306 e. The molecule has 0 aromatic carbocycles. The normalized spacial score (nSPS) is 12.6. The van der Waals surface area contributed by atoms with Crippen LogP contribution in [0.15, 0.2) is 72.9 Å². The summed E-state index contributed by atoms with van der Waals surface area (Å²) in [7, 11) is 0. The fourth-order valence-corrected chi connectivity index (χ4v) is 7.42. The maximum absolute atomic E-state index is 12.8. The lowest BCUT2D eigenvalue weighted by Gasteiger charge is -2.18. The van der Waals surface area contributed by atoms with Crippen molar-refractivity contribution in [1.29, 1.82) is 0 Å². The molecule has 0 aliphatic rings. The van der Waals surface area contributed by atoms with Crippen LogP contribution in [0.1, 0.15) is 252 Å². The van der Waals surface area contributed by atoms with Gasteiger partial charge in [0, 0.05) is 19.3 Å². The van der Waals surface area contributed by atoms with E-state index in [1.54, 1.807) is 0 Å². The largest absolute Gasteiger partial charge is 0.462 e. The summed E-state index contributed by atoms with van der Waals surface area (Å²) in [4.78, 5) is 38.0. The van der Waals surface area contributed by atoms with Crippen molar-refractivity contribution >= 4 is 17.9 Å². The topological polar surface area (TPSA) is 78.9 Å². The van der Waals surface area contributed by atoms with Gasteiger partial charge < -0.3 is 14.2 Å². The van der Waals surface area contributed by atoms with E-state index in [4.69, 9.17) is 14.2 Å². The predicted octanol–water partition coefficient (Wildman–Crippen LogP) is 17.4. The lowest BCUT2D eigenvalue weighted by atomic mass is 10.0. The molecule has 63 heavy (non-hydrogen) atoms. The Morgan fingerprint density at radius 1 is 0.333 bits per heavy atom. The van der Waals surface area contributed by atoms with E-state index in [2.05, 4.69) is 32.9 Å². The highest BCUT2D eigenvalue weighted by atomic mass is 16.6. The minimum Gasteiger partial charge on any atom is -0.462 e. The maximum atomic E-state index is 12.8. The van der Waals surface area contributed by atoms with Gasteiger partial charge >= 0.3 is 17.9 Å². The molecule has 1 unspecified atom stereocenters. The molecule has 0 aliphatic carbocycles. The predicted molar refractivity (Wildman–Crippen MR) is 270 cm³/mol. The van der Waals surface area contributed by atoms with E-state index in [1.807, 2.05) is 60.8 Å². The Bertz CT molecular complexity index is 1190. The van der Waals surface area contributed by atoms with Crippen LogP contribution in [0.25, 0.3) is 0 Å². The summed E-state index contributed by atoms with van der Waals surface area (Å²) >= 11 is 0. The van der Waals surface area contributed by atoms with E-state index in [9.17, 15) is 14.4 Å². The third-order valence-electron chi connectivity index (χ3n) is 11.4. The molecule has 0 N–H and O–H groups in total. The van der Waals surface area contributed by atoms with Gasteiger partial charge in [0.05, 0.1) is 0 Å². The minimum atomic E-state index is -0.790. The van der Waals surface area contributed by atoms with Gasteiger partial charge in [-0.25, -0.2) is 0 Å². The summed E-state index contributed by atoms with van der Waals surface area (Å²) in [6.45, 7) is 6.47. The first kappa shape index (κ1) is 59.9. The molecule has 0 rings (SSSR count). The van der Waals surface area contributed by atoms with Crippen molar-refractivity contribution in [2.24, 2.45) is 0 Å². The first-order chi connectivity index (χ1) is 31.0. The zero-order valence-corrected chi connectivity index (χ0v) is 41.3. The Balaban J connectivity index is 4.44. The molecule has 0 spiro atoms. The van der Waals surface area contributed by atoms with Gasteiger partial charge in [-0.1, -0.05) is 267 Å². The van der Waals surface area contributed by atoms with Crippen LogP contribution < -0.4 is 0 Å². The van der Waals surface area contributed by atoms with Gasteiger partial charge in [-0.05, 0) is 38.5 Å². The molecular weight excluding hydrogens is 781 g/mol. The molecule has 0 amide bonds. The Kier molecular flexibility index (Phi) is 48.9. The number of allylic oxidation sites excluding steroid dienone is 12. The van der Waals surface area contributed by atoms with Gasteiger partial charge in [-0.2, -0.15) is 0 Å². The number of rotatable bonds is 47. The molecule has 0 saturated heterocycles. The second kappa shape index (κ2) is 51.5. The van der Waals surface area contributed by atoms with Crippen molar-refractivity contribution < 1.29 is 28.6 Å². The highest BCUT2D eigenvalue weighted by Gasteiger charge is 2.19. The summed E-state index contributed by atoms with van der Waals surface area (Å²) in [6.07, 6.45) is 64.5. The summed E-state index contributed by atoms with van der Waals surface area (Å²) in [6, 6.07) is 0. The molecule has 0 saturated carbocycles. The minimum absolute atomic E-state index is 0.0867. The van der Waals surface area contributed by atoms with Gasteiger partial charge in [0.2, 0.25) is 0 Å². The quantitative estimate of drug-likeness (QED) is 0.0262. The zero-order chi connectivity index (χ0) is 45.8. The van der Waals surface area contributed by atoms with E-state index in [0.717, 1.165) is 70.6 Å². The van der Waals surface area contributed by atoms with Crippen molar-refractivity contribution in [3.05, 3.63) is 72.9 Å². The Morgan fingerprint density at radius 3 is 0.968 bits per heavy atom. The number of carbonyl (C=O) groups excluding carboxylic acids is 3. The second-order valence-corrected chi connectivity index (χ2v) is 17.6. The second-order valence-electron chi connectivity index (χ2n) is 17.6. The monoisotopic (exact) mass is 879 g/mol. The highest BCUT2D eigenvalue weighted by molar-refractivity contribution is 5.71. The van der Waals surface area contributed by atoms with Crippen LogP contribution >= 0.6 is 0 Å². The van der Waals surface area contributed by atoms with E-state index >= 15 is 0 Å². The lowest BCUT2D eigenvalue weighted by Crippen LogP contribution is -2.30. The number of hydrogen-bond acceptors (Lipinski definition) is 6. The summed E-state index contributed by atoms with van der Waals surface area (Å²) in [5.74, 6) is -0.925. The van der Waals surface area contributed by atoms with E-state index < -0.39 is 6.10 Å². The zero-order valence-electron chi connectivity index (χ0n) is 41.3. The molecular formula is C57H98O6. The van der Waals surface area contributed by atoms with E-state index in [0.29, 0.717) is 19.3 Å². The molecule has 0 radical (unpaired) electrons. The molecule has 362 valence electrons. The van der Waals surface area contributed by atoms with Crippen LogP contribution in [0.2, 0.25) is 0 Å². The molecule has 0 heterocycles. The van der Waals surface area contributed by atoms with Crippen LogP contribution in [0.4, 0.5) is 0 Å². The highest BCUT2D eigenvalue weighted by Crippen LogP contribution is 2.16. The van der Waals surface area contributed by atoms with E-state index in [1.165, 1.54) is 141 Å². The van der Waals surface area contributed by atoms with Crippen LogP contribution in [0.3, 0.4) is 0 Å². The first-order valence-corrected chi connectivity index (χ1v) is 26.5. The average Bonchev–Trinajstić information content (AvgIpc) is 3.28. The fourth-order valence-electron chi connectivity index (χ4n) is 7.42. The first-order valence-electron chi connectivity index (χ1n) is 26.5. The van der Waals surface area contributed by atoms with Crippen molar-refractivity contribution in [3.8, 4) is 0 Å². The summed E-state index contributed by atoms with van der Waals surface area (Å²) < 4.78 is 16.8. The Hall–Kier alpha value is -3.15. The van der Waals surface area contributed by atoms with Crippen molar-refractivity contribution in [3.63, 3.8) is 0 Å². The van der Waals surface area contributed by atoms with Crippen molar-refractivity contribution in [2.75, 3.05) is 13.2 Å². The molecule has 0 bridgehead atoms. The third-order valence-corrected chi connectivity index (χ3v) is 11.4. The molecule has 0 aromatic heterocycles. The molecule has 6 heteroatoms. The van der Waals surface area contributed by atoms with Gasteiger partial charge in [0.1, 0.15) is 13.2 Å².